The van der Waals surface area contributed by atoms with Gasteiger partial charge in [0.15, 0.2) is 11.3 Å². The molecule has 0 aliphatic carbocycles. The van der Waals surface area contributed by atoms with Crippen LogP contribution in [0.4, 0.5) is 5.69 Å². The van der Waals surface area contributed by atoms with Gasteiger partial charge in [-0.2, -0.15) is 0 Å². The van der Waals surface area contributed by atoms with E-state index in [1.807, 2.05) is 37.4 Å². The highest BCUT2D eigenvalue weighted by Crippen LogP contribution is 2.30. The number of nitrogens with zero attached hydrogens (tertiary/aromatic N) is 2. The standard InChI is InChI=1S/C19H15N3O2S/c1-11-5-6-16-15(21-11)9-17(24-16)19(23)22-14-4-3-7-20-18(14)13-8-12(2)25-10-13/h3-10H,1-2H3,(H,22,23). The zero-order chi connectivity index (χ0) is 17.4. The number of furan rings is 1. The first-order chi connectivity index (χ1) is 12.1. The summed E-state index contributed by atoms with van der Waals surface area (Å²) in [7, 11) is 0. The van der Waals surface area contributed by atoms with Crippen LogP contribution in [0.25, 0.3) is 22.4 Å². The van der Waals surface area contributed by atoms with Crippen LogP contribution in [-0.4, -0.2) is 15.9 Å². The zero-order valence-electron chi connectivity index (χ0n) is 13.7. The summed E-state index contributed by atoms with van der Waals surface area (Å²) in [4.78, 5) is 22.6. The van der Waals surface area contributed by atoms with Crippen LogP contribution in [0.2, 0.25) is 0 Å². The summed E-state index contributed by atoms with van der Waals surface area (Å²) in [5.41, 5.74) is 4.52. The van der Waals surface area contributed by atoms with Crippen molar-refractivity contribution in [3.8, 4) is 11.3 Å². The average Bonchev–Trinajstić information content (AvgIpc) is 3.21. The van der Waals surface area contributed by atoms with Crippen LogP contribution in [0, 0.1) is 13.8 Å². The Bertz CT molecular complexity index is 1080. The summed E-state index contributed by atoms with van der Waals surface area (Å²) in [5.74, 6) is -0.0961. The summed E-state index contributed by atoms with van der Waals surface area (Å²) in [6.07, 6.45) is 1.71. The molecule has 4 aromatic heterocycles. The van der Waals surface area contributed by atoms with Crippen molar-refractivity contribution in [1.82, 2.24) is 9.97 Å². The van der Waals surface area contributed by atoms with Crippen molar-refractivity contribution in [1.29, 1.82) is 0 Å². The Labute approximate surface area is 148 Å². The van der Waals surface area contributed by atoms with Gasteiger partial charge in [-0.25, -0.2) is 4.98 Å². The van der Waals surface area contributed by atoms with Crippen LogP contribution in [-0.2, 0) is 0 Å². The van der Waals surface area contributed by atoms with Gasteiger partial charge >= 0.3 is 0 Å². The van der Waals surface area contributed by atoms with E-state index in [2.05, 4.69) is 21.4 Å². The van der Waals surface area contributed by atoms with Gasteiger partial charge in [0.25, 0.3) is 5.91 Å². The number of fused-ring (bicyclic) bond motifs is 1. The third-order valence-electron chi connectivity index (χ3n) is 3.80. The molecule has 0 bridgehead atoms. The number of thiophene rings is 1. The third-order valence-corrected chi connectivity index (χ3v) is 4.66. The number of rotatable bonds is 3. The molecular formula is C19H15N3O2S. The molecule has 124 valence electrons. The van der Waals surface area contributed by atoms with Gasteiger partial charge in [0.2, 0.25) is 0 Å². The molecule has 0 spiro atoms. The van der Waals surface area contributed by atoms with Crippen molar-refractivity contribution < 1.29 is 9.21 Å². The largest absolute Gasteiger partial charge is 0.449 e. The molecule has 0 saturated heterocycles. The molecule has 4 heterocycles. The second kappa shape index (κ2) is 6.14. The van der Waals surface area contributed by atoms with E-state index in [0.717, 1.165) is 17.0 Å². The van der Waals surface area contributed by atoms with Gasteiger partial charge in [-0.1, -0.05) is 0 Å². The lowest BCUT2D eigenvalue weighted by atomic mass is 10.1. The lowest BCUT2D eigenvalue weighted by molar-refractivity contribution is 0.0998. The van der Waals surface area contributed by atoms with Crippen LogP contribution in [0.1, 0.15) is 21.1 Å². The number of aromatic nitrogens is 2. The lowest BCUT2D eigenvalue weighted by Gasteiger charge is -2.07. The Morgan fingerprint density at radius 2 is 2.08 bits per heavy atom. The van der Waals surface area contributed by atoms with E-state index >= 15 is 0 Å². The lowest BCUT2D eigenvalue weighted by Crippen LogP contribution is -2.12. The van der Waals surface area contributed by atoms with Gasteiger partial charge in [-0.05, 0) is 44.2 Å². The molecule has 0 aromatic carbocycles. The molecular weight excluding hydrogens is 334 g/mol. The minimum absolute atomic E-state index is 0.226. The minimum Gasteiger partial charge on any atom is -0.449 e. The van der Waals surface area contributed by atoms with Gasteiger partial charge in [0, 0.05) is 33.8 Å². The highest BCUT2D eigenvalue weighted by atomic mass is 32.1. The van der Waals surface area contributed by atoms with Crippen LogP contribution >= 0.6 is 11.3 Å². The van der Waals surface area contributed by atoms with Crippen molar-refractivity contribution >= 4 is 34.0 Å². The SMILES string of the molecule is Cc1ccc2oc(C(=O)Nc3cccnc3-c3csc(C)c3)cc2n1. The molecule has 25 heavy (non-hydrogen) atoms. The molecule has 0 fully saturated rings. The molecule has 0 unspecified atom stereocenters. The molecule has 6 heteroatoms. The van der Waals surface area contributed by atoms with E-state index in [-0.39, 0.29) is 11.7 Å². The van der Waals surface area contributed by atoms with E-state index in [0.29, 0.717) is 16.8 Å². The number of pyridine rings is 2. The Kier molecular flexibility index (Phi) is 3.82. The number of hydrogen-bond acceptors (Lipinski definition) is 5. The Hall–Kier alpha value is -2.99. The summed E-state index contributed by atoms with van der Waals surface area (Å²) in [6.45, 7) is 3.94. The number of hydrogen-bond donors (Lipinski definition) is 1. The number of aryl methyl sites for hydroxylation is 2. The van der Waals surface area contributed by atoms with E-state index in [1.54, 1.807) is 29.7 Å². The Balaban J connectivity index is 1.66. The van der Waals surface area contributed by atoms with Gasteiger partial charge < -0.3 is 9.73 Å². The second-order valence-corrected chi connectivity index (χ2v) is 6.86. The Morgan fingerprint density at radius 3 is 2.88 bits per heavy atom. The maximum absolute atomic E-state index is 12.6. The van der Waals surface area contributed by atoms with Gasteiger partial charge in [0.05, 0.1) is 11.4 Å². The minimum atomic E-state index is -0.322. The van der Waals surface area contributed by atoms with E-state index in [1.165, 1.54) is 4.88 Å². The number of anilines is 1. The number of nitrogens with one attached hydrogen (secondary N) is 1. The summed E-state index contributed by atoms with van der Waals surface area (Å²) in [5, 5.41) is 4.92. The fraction of sp³-hybridized carbons (Fsp3) is 0.105. The van der Waals surface area contributed by atoms with Crippen LogP contribution in [0.15, 0.2) is 52.4 Å². The topological polar surface area (TPSA) is 68.0 Å². The maximum Gasteiger partial charge on any atom is 0.291 e. The monoisotopic (exact) mass is 349 g/mol. The predicted molar refractivity (Wildman–Crippen MR) is 99.0 cm³/mol. The summed E-state index contributed by atoms with van der Waals surface area (Å²) < 4.78 is 5.61. The molecule has 4 rings (SSSR count). The molecule has 0 radical (unpaired) electrons. The number of carbonyl (C=O) groups excluding carboxylic acids is 1. The molecule has 5 nitrogen and oxygen atoms in total. The fourth-order valence-corrected chi connectivity index (χ4v) is 3.31. The zero-order valence-corrected chi connectivity index (χ0v) is 14.6. The van der Waals surface area contributed by atoms with Crippen LogP contribution < -0.4 is 5.32 Å². The number of amides is 1. The van der Waals surface area contributed by atoms with E-state index in [4.69, 9.17) is 4.42 Å². The molecule has 0 saturated carbocycles. The molecule has 1 amide bonds. The number of carbonyl (C=O) groups is 1. The van der Waals surface area contributed by atoms with Crippen LogP contribution in [0.3, 0.4) is 0 Å². The molecule has 4 aromatic rings. The first-order valence-electron chi connectivity index (χ1n) is 7.79. The van der Waals surface area contributed by atoms with Crippen LogP contribution in [0.5, 0.6) is 0 Å². The molecule has 0 aliphatic heterocycles. The summed E-state index contributed by atoms with van der Waals surface area (Å²) >= 11 is 1.65. The summed E-state index contributed by atoms with van der Waals surface area (Å²) in [6, 6.07) is 11.0. The fourth-order valence-electron chi connectivity index (χ4n) is 2.63. The molecule has 1 N–H and O–H groups in total. The highest BCUT2D eigenvalue weighted by molar-refractivity contribution is 7.10. The van der Waals surface area contributed by atoms with E-state index in [9.17, 15) is 4.79 Å². The van der Waals surface area contributed by atoms with Crippen molar-refractivity contribution in [3.05, 3.63) is 64.3 Å². The van der Waals surface area contributed by atoms with Crippen molar-refractivity contribution in [2.75, 3.05) is 5.32 Å². The second-order valence-electron chi connectivity index (χ2n) is 5.75. The van der Waals surface area contributed by atoms with Gasteiger partial charge in [-0.3, -0.25) is 9.78 Å². The third kappa shape index (κ3) is 3.04. The predicted octanol–water partition coefficient (Wildman–Crippen LogP) is 4.82. The van der Waals surface area contributed by atoms with Crippen molar-refractivity contribution in [2.24, 2.45) is 0 Å². The first kappa shape index (κ1) is 15.5. The molecule has 0 atom stereocenters. The smallest absolute Gasteiger partial charge is 0.291 e. The first-order valence-corrected chi connectivity index (χ1v) is 8.67. The normalized spacial score (nSPS) is 11.0. The Morgan fingerprint density at radius 1 is 1.20 bits per heavy atom. The van der Waals surface area contributed by atoms with Gasteiger partial charge in [0.1, 0.15) is 5.52 Å². The van der Waals surface area contributed by atoms with E-state index < -0.39 is 0 Å². The van der Waals surface area contributed by atoms with Crippen molar-refractivity contribution in [2.45, 2.75) is 13.8 Å². The van der Waals surface area contributed by atoms with Gasteiger partial charge in [-0.15, -0.1) is 11.3 Å². The average molecular weight is 349 g/mol. The maximum atomic E-state index is 12.6. The quantitative estimate of drug-likeness (QED) is 0.576. The molecule has 0 aliphatic rings. The highest BCUT2D eigenvalue weighted by Gasteiger charge is 2.16. The van der Waals surface area contributed by atoms with Crippen molar-refractivity contribution in [3.63, 3.8) is 0 Å².